The number of aryl methyl sites for hydroxylation is 2. The summed E-state index contributed by atoms with van der Waals surface area (Å²) in [5, 5.41) is 12.6. The molecule has 0 unspecified atom stereocenters. The lowest BCUT2D eigenvalue weighted by Gasteiger charge is -2.28. The van der Waals surface area contributed by atoms with Gasteiger partial charge in [0.25, 0.3) is 0 Å². The van der Waals surface area contributed by atoms with E-state index in [0.29, 0.717) is 17.5 Å². The van der Waals surface area contributed by atoms with Crippen molar-refractivity contribution in [3.05, 3.63) is 34.2 Å². The summed E-state index contributed by atoms with van der Waals surface area (Å²) >= 11 is 0. The van der Waals surface area contributed by atoms with Crippen LogP contribution in [0.25, 0.3) is 11.0 Å². The number of nitrogens with zero attached hydrogens (tertiary/aromatic N) is 2. The highest BCUT2D eigenvalue weighted by molar-refractivity contribution is 5.93. The Morgan fingerprint density at radius 1 is 1.21 bits per heavy atom. The SMILES string of the molecule is Cc1cccc2c1n(CCC(C)(C)O)c(=O)n2C(=O)N[C@H](C(N)=O)C(C)(C)C. The van der Waals surface area contributed by atoms with Crippen molar-refractivity contribution in [2.24, 2.45) is 11.1 Å². The van der Waals surface area contributed by atoms with Gasteiger partial charge in [-0.2, -0.15) is 0 Å². The number of imidazole rings is 1. The van der Waals surface area contributed by atoms with Gasteiger partial charge in [-0.3, -0.25) is 9.36 Å². The average Bonchev–Trinajstić information content (AvgIpc) is 2.81. The molecule has 0 bridgehead atoms. The zero-order valence-corrected chi connectivity index (χ0v) is 17.4. The van der Waals surface area contributed by atoms with Crippen molar-refractivity contribution in [1.29, 1.82) is 0 Å². The van der Waals surface area contributed by atoms with Gasteiger partial charge < -0.3 is 16.2 Å². The molecule has 2 amide bonds. The number of carbonyl (C=O) groups is 2. The van der Waals surface area contributed by atoms with Gasteiger partial charge in [-0.25, -0.2) is 14.2 Å². The van der Waals surface area contributed by atoms with Gasteiger partial charge in [-0.15, -0.1) is 0 Å². The molecule has 0 saturated carbocycles. The van der Waals surface area contributed by atoms with Crippen molar-refractivity contribution in [3.63, 3.8) is 0 Å². The third-order valence-corrected chi connectivity index (χ3v) is 4.72. The zero-order valence-electron chi connectivity index (χ0n) is 17.4. The normalized spacial score (nSPS) is 13.5. The average molecular weight is 390 g/mol. The van der Waals surface area contributed by atoms with Gasteiger partial charge in [0, 0.05) is 6.54 Å². The minimum absolute atomic E-state index is 0.252. The molecule has 0 aliphatic carbocycles. The number of rotatable bonds is 5. The minimum Gasteiger partial charge on any atom is -0.390 e. The Hall–Kier alpha value is -2.61. The van der Waals surface area contributed by atoms with Crippen LogP contribution < -0.4 is 16.7 Å². The van der Waals surface area contributed by atoms with E-state index < -0.39 is 34.7 Å². The maximum Gasteiger partial charge on any atom is 0.337 e. The fraction of sp³-hybridized carbons (Fsp3) is 0.550. The highest BCUT2D eigenvalue weighted by Gasteiger charge is 2.32. The standard InChI is InChI=1S/C20H30N4O4/c1-12-8-7-9-13-14(12)23(11-10-20(5,6)28)18(27)24(13)17(26)22-15(16(21)25)19(2,3)4/h7-9,15,28H,10-11H2,1-6H3,(H2,21,25)(H,22,26)/t15-/m1/s1. The van der Waals surface area contributed by atoms with Crippen LogP contribution in [0.15, 0.2) is 23.0 Å². The van der Waals surface area contributed by atoms with Gasteiger partial charge >= 0.3 is 11.7 Å². The Kier molecular flexibility index (Phi) is 5.75. The number of para-hydroxylation sites is 1. The molecular weight excluding hydrogens is 360 g/mol. The molecule has 1 heterocycles. The first kappa shape index (κ1) is 21.7. The van der Waals surface area contributed by atoms with Crippen molar-refractivity contribution >= 4 is 23.0 Å². The van der Waals surface area contributed by atoms with E-state index in [0.717, 1.165) is 10.1 Å². The predicted octanol–water partition coefficient (Wildman–Crippen LogP) is 1.73. The fourth-order valence-corrected chi connectivity index (χ4v) is 3.19. The number of hydrogen-bond donors (Lipinski definition) is 3. The monoisotopic (exact) mass is 390 g/mol. The highest BCUT2D eigenvalue weighted by atomic mass is 16.3. The molecule has 0 aliphatic rings. The number of fused-ring (bicyclic) bond motifs is 1. The number of hydrogen-bond acceptors (Lipinski definition) is 4. The molecule has 2 rings (SSSR count). The molecule has 1 aromatic heterocycles. The summed E-state index contributed by atoms with van der Waals surface area (Å²) in [6.07, 6.45) is 0.341. The Bertz CT molecular complexity index is 957. The van der Waals surface area contributed by atoms with Crippen molar-refractivity contribution in [2.75, 3.05) is 0 Å². The van der Waals surface area contributed by atoms with Gasteiger partial charge in [-0.05, 0) is 44.2 Å². The van der Waals surface area contributed by atoms with Crippen LogP contribution in [0.2, 0.25) is 0 Å². The van der Waals surface area contributed by atoms with Crippen LogP contribution >= 0.6 is 0 Å². The molecular formula is C20H30N4O4. The quantitative estimate of drug-likeness (QED) is 0.720. The molecule has 28 heavy (non-hydrogen) atoms. The summed E-state index contributed by atoms with van der Waals surface area (Å²) in [5.41, 5.74) is 5.26. The van der Waals surface area contributed by atoms with E-state index >= 15 is 0 Å². The summed E-state index contributed by atoms with van der Waals surface area (Å²) in [6, 6.07) is 3.65. The van der Waals surface area contributed by atoms with Crippen molar-refractivity contribution < 1.29 is 14.7 Å². The minimum atomic E-state index is -0.956. The number of nitrogens with one attached hydrogen (secondary N) is 1. The topological polar surface area (TPSA) is 119 Å². The van der Waals surface area contributed by atoms with Crippen LogP contribution in [0.5, 0.6) is 0 Å². The Morgan fingerprint density at radius 3 is 2.32 bits per heavy atom. The van der Waals surface area contributed by atoms with Gasteiger partial charge in [0.2, 0.25) is 5.91 Å². The number of benzene rings is 1. The number of amides is 2. The lowest BCUT2D eigenvalue weighted by atomic mass is 9.86. The van der Waals surface area contributed by atoms with Gasteiger partial charge in [0.05, 0.1) is 16.6 Å². The second-order valence-electron chi connectivity index (χ2n) is 8.93. The molecule has 0 fully saturated rings. The van der Waals surface area contributed by atoms with E-state index in [1.54, 1.807) is 46.8 Å². The molecule has 8 heteroatoms. The van der Waals surface area contributed by atoms with Crippen LogP contribution in [0.4, 0.5) is 4.79 Å². The van der Waals surface area contributed by atoms with E-state index in [2.05, 4.69) is 5.32 Å². The van der Waals surface area contributed by atoms with Gasteiger partial charge in [-0.1, -0.05) is 32.9 Å². The summed E-state index contributed by atoms with van der Waals surface area (Å²) in [5.74, 6) is -0.671. The van der Waals surface area contributed by atoms with E-state index in [1.165, 1.54) is 4.57 Å². The Morgan fingerprint density at radius 2 is 1.82 bits per heavy atom. The first-order valence-electron chi connectivity index (χ1n) is 9.27. The summed E-state index contributed by atoms with van der Waals surface area (Å²) < 4.78 is 2.51. The molecule has 1 atom stereocenters. The summed E-state index contributed by atoms with van der Waals surface area (Å²) in [6.45, 7) is 10.8. The molecule has 8 nitrogen and oxygen atoms in total. The first-order chi connectivity index (χ1) is 12.7. The Labute approximate surface area is 164 Å². The Balaban J connectivity index is 2.57. The maximum atomic E-state index is 13.1. The molecule has 4 N–H and O–H groups in total. The van der Waals surface area contributed by atoms with Crippen LogP contribution in [0, 0.1) is 12.3 Å². The molecule has 154 valence electrons. The number of primary amides is 1. The summed E-state index contributed by atoms with van der Waals surface area (Å²) in [7, 11) is 0. The largest absolute Gasteiger partial charge is 0.390 e. The van der Waals surface area contributed by atoms with E-state index in [9.17, 15) is 19.5 Å². The van der Waals surface area contributed by atoms with Crippen molar-refractivity contribution in [2.45, 2.75) is 66.2 Å². The summed E-state index contributed by atoms with van der Waals surface area (Å²) in [4.78, 5) is 37.8. The molecule has 0 radical (unpaired) electrons. The second-order valence-corrected chi connectivity index (χ2v) is 8.93. The van der Waals surface area contributed by atoms with Crippen LogP contribution in [-0.4, -0.2) is 37.8 Å². The number of carbonyl (C=O) groups excluding carboxylic acids is 2. The smallest absolute Gasteiger partial charge is 0.337 e. The van der Waals surface area contributed by atoms with Gasteiger partial charge in [0.1, 0.15) is 6.04 Å². The van der Waals surface area contributed by atoms with E-state index in [-0.39, 0.29) is 6.54 Å². The van der Waals surface area contributed by atoms with E-state index in [1.807, 2.05) is 13.0 Å². The fourth-order valence-electron chi connectivity index (χ4n) is 3.19. The first-order valence-corrected chi connectivity index (χ1v) is 9.27. The molecule has 2 aromatic rings. The number of aromatic nitrogens is 2. The van der Waals surface area contributed by atoms with Crippen molar-refractivity contribution in [3.8, 4) is 0 Å². The third-order valence-electron chi connectivity index (χ3n) is 4.72. The lowest BCUT2D eigenvalue weighted by Crippen LogP contribution is -2.54. The van der Waals surface area contributed by atoms with Gasteiger partial charge in [0.15, 0.2) is 0 Å². The second kappa shape index (κ2) is 7.43. The molecule has 0 saturated heterocycles. The lowest BCUT2D eigenvalue weighted by molar-refractivity contribution is -0.122. The van der Waals surface area contributed by atoms with Crippen LogP contribution in [0.1, 0.15) is 46.6 Å². The number of nitrogens with two attached hydrogens (primary N) is 1. The van der Waals surface area contributed by atoms with E-state index in [4.69, 9.17) is 5.73 Å². The maximum absolute atomic E-state index is 13.1. The molecule has 1 aromatic carbocycles. The predicted molar refractivity (Wildman–Crippen MR) is 108 cm³/mol. The molecule has 0 spiro atoms. The highest BCUT2D eigenvalue weighted by Crippen LogP contribution is 2.21. The third kappa shape index (κ3) is 4.44. The van der Waals surface area contributed by atoms with Crippen LogP contribution in [0.3, 0.4) is 0 Å². The zero-order chi connectivity index (χ0) is 21.4. The van der Waals surface area contributed by atoms with Crippen LogP contribution in [-0.2, 0) is 11.3 Å². The van der Waals surface area contributed by atoms with Crippen molar-refractivity contribution in [1.82, 2.24) is 14.5 Å². The number of aliphatic hydroxyl groups is 1. The molecule has 0 aliphatic heterocycles.